The predicted molar refractivity (Wildman–Crippen MR) is 131 cm³/mol. The smallest absolute Gasteiger partial charge is 0.255 e. The molecule has 2 atom stereocenters. The van der Waals surface area contributed by atoms with Crippen LogP contribution in [-0.4, -0.2) is 45.9 Å². The van der Waals surface area contributed by atoms with Gasteiger partial charge in [0.15, 0.2) is 0 Å². The fraction of sp³-hybridized carbons (Fsp3) is 0.478. The van der Waals surface area contributed by atoms with Gasteiger partial charge in [0.05, 0.1) is 10.7 Å². The second-order valence-corrected chi connectivity index (χ2v) is 11.0. The molecule has 1 heterocycles. The second kappa shape index (κ2) is 10.2. The van der Waals surface area contributed by atoms with Gasteiger partial charge in [-0.25, -0.2) is 17.2 Å². The van der Waals surface area contributed by atoms with Crippen LogP contribution in [0.1, 0.15) is 38.5 Å². The Kier molecular flexibility index (Phi) is 7.51. The molecule has 1 N–H and O–H groups in total. The van der Waals surface area contributed by atoms with Crippen molar-refractivity contribution in [2.45, 2.75) is 62.3 Å². The van der Waals surface area contributed by atoms with Gasteiger partial charge in [0.2, 0.25) is 0 Å². The summed E-state index contributed by atoms with van der Waals surface area (Å²) in [5.74, 6) is -1.45. The van der Waals surface area contributed by atoms with Crippen LogP contribution in [0.5, 0.6) is 0 Å². The first-order valence-corrected chi connectivity index (χ1v) is 13.4. The highest BCUT2D eigenvalue weighted by molar-refractivity contribution is 7.94. The third-order valence-corrected chi connectivity index (χ3v) is 8.88. The summed E-state index contributed by atoms with van der Waals surface area (Å²) in [4.78, 5) is 1.97. The van der Waals surface area contributed by atoms with Crippen LogP contribution in [-0.2, 0) is 10.0 Å². The van der Waals surface area contributed by atoms with E-state index in [1.54, 1.807) is 6.82 Å². The van der Waals surface area contributed by atoms with E-state index in [0.717, 1.165) is 48.7 Å². The van der Waals surface area contributed by atoms with Crippen LogP contribution in [0.3, 0.4) is 0 Å². The number of nitrogens with one attached hydrogen (secondary N) is 1. The predicted octanol–water partition coefficient (Wildman–Crippen LogP) is 5.03. The lowest BCUT2D eigenvalue weighted by molar-refractivity contribution is 0.177. The molecule has 0 unspecified atom stereocenters. The Bertz CT molecular complexity index is 1100. The minimum atomic E-state index is -4.28. The fourth-order valence-corrected chi connectivity index (χ4v) is 6.89. The van der Waals surface area contributed by atoms with Crippen LogP contribution < -0.4 is 9.53 Å². The van der Waals surface area contributed by atoms with Gasteiger partial charge in [-0.05, 0) is 69.1 Å². The van der Waals surface area contributed by atoms with Crippen molar-refractivity contribution in [3.8, 4) is 0 Å². The first-order chi connectivity index (χ1) is 15.8. The molecule has 0 bridgehead atoms. The number of halogens is 3. The second-order valence-electron chi connectivity index (χ2n) is 8.76. The van der Waals surface area contributed by atoms with Gasteiger partial charge in [0.25, 0.3) is 17.4 Å². The highest BCUT2D eigenvalue weighted by Crippen LogP contribution is 2.34. The van der Waals surface area contributed by atoms with Crippen LogP contribution in [0.15, 0.2) is 41.3 Å². The van der Waals surface area contributed by atoms with Crippen LogP contribution >= 0.6 is 11.6 Å². The zero-order valence-electron chi connectivity index (χ0n) is 18.7. The summed E-state index contributed by atoms with van der Waals surface area (Å²) in [5.41, 5.74) is 0.531. The van der Waals surface area contributed by atoms with E-state index >= 15 is 4.39 Å². The molecule has 10 heteroatoms. The van der Waals surface area contributed by atoms with Gasteiger partial charge in [0, 0.05) is 17.8 Å². The normalized spacial score (nSPS) is 21.7. The van der Waals surface area contributed by atoms with Crippen molar-refractivity contribution < 1.29 is 17.2 Å². The zero-order chi connectivity index (χ0) is 23.6. The third-order valence-electron chi connectivity index (χ3n) is 6.65. The molecule has 5 nitrogen and oxygen atoms in total. The maximum atomic E-state index is 15.2. The molecule has 1 aliphatic carbocycles. The van der Waals surface area contributed by atoms with Gasteiger partial charge in [0.1, 0.15) is 16.5 Å². The number of hydrogen-bond donors (Lipinski definition) is 1. The molecule has 0 aromatic heterocycles. The van der Waals surface area contributed by atoms with Crippen LogP contribution in [0.2, 0.25) is 11.8 Å². The van der Waals surface area contributed by atoms with Gasteiger partial charge in [-0.1, -0.05) is 37.3 Å². The Hall–Kier alpha value is -1.84. The first kappa shape index (κ1) is 24.3. The first-order valence-electron chi connectivity index (χ1n) is 11.6. The Balaban J connectivity index is 1.61. The average Bonchev–Trinajstić information content (AvgIpc) is 3.31. The Morgan fingerprint density at radius 2 is 1.82 bits per heavy atom. The van der Waals surface area contributed by atoms with E-state index in [0.29, 0.717) is 11.7 Å². The summed E-state index contributed by atoms with van der Waals surface area (Å²) >= 11 is 6.47. The molecule has 33 heavy (non-hydrogen) atoms. The van der Waals surface area contributed by atoms with Gasteiger partial charge < -0.3 is 9.53 Å². The van der Waals surface area contributed by atoms with Crippen molar-refractivity contribution in [1.82, 2.24) is 4.90 Å². The summed E-state index contributed by atoms with van der Waals surface area (Å²) in [6.45, 7) is 3.77. The zero-order valence-corrected chi connectivity index (χ0v) is 20.3. The highest BCUT2D eigenvalue weighted by Gasteiger charge is 2.33. The molecule has 2 aliphatic rings. The van der Waals surface area contributed by atoms with Crippen molar-refractivity contribution in [2.75, 3.05) is 22.6 Å². The summed E-state index contributed by atoms with van der Waals surface area (Å²) in [6.07, 6.45) is 6.71. The maximum absolute atomic E-state index is 15.2. The van der Waals surface area contributed by atoms with Crippen LogP contribution in [0, 0.1) is 11.6 Å². The Morgan fingerprint density at radius 1 is 1.09 bits per heavy atom. The summed E-state index contributed by atoms with van der Waals surface area (Å²) < 4.78 is 56.4. The van der Waals surface area contributed by atoms with Crippen molar-refractivity contribution in [2.24, 2.45) is 0 Å². The van der Waals surface area contributed by atoms with Gasteiger partial charge in [-0.3, -0.25) is 4.90 Å². The molecule has 0 spiro atoms. The monoisotopic (exact) mass is 495 g/mol. The van der Waals surface area contributed by atoms with Crippen LogP contribution in [0.25, 0.3) is 0 Å². The van der Waals surface area contributed by atoms with Crippen LogP contribution in [0.4, 0.5) is 20.2 Å². The Labute approximate surface area is 200 Å². The van der Waals surface area contributed by atoms with Gasteiger partial charge in [-0.15, -0.1) is 0 Å². The fourth-order valence-electron chi connectivity index (χ4n) is 5.07. The highest BCUT2D eigenvalue weighted by atomic mass is 35.5. The number of rotatable bonds is 7. The largest absolute Gasteiger partial charge is 0.379 e. The molecular formula is C23H29BClF2N3O2S. The molecule has 1 aliphatic heterocycles. The standard InChI is InChI=1S/C23H29BClF2N3O2S/c1-24-30(17-8-6-7-16(26)13-17)33(31,32)23-14-18(25)21(15-19(23)27)28-20-9-2-3-10-22(20)29-11-4-5-12-29/h6-8,13-15,20,22,24,28H,2-5,9-12H2,1H3/t20-,22-/m1/s1. The summed E-state index contributed by atoms with van der Waals surface area (Å²) in [5, 5.41) is 3.56. The van der Waals surface area contributed by atoms with E-state index in [2.05, 4.69) is 10.2 Å². The topological polar surface area (TPSA) is 52.7 Å². The lowest BCUT2D eigenvalue weighted by atomic mass is 9.89. The number of likely N-dealkylation sites (tertiary alicyclic amines) is 1. The van der Waals surface area contributed by atoms with E-state index in [1.165, 1.54) is 43.5 Å². The molecule has 178 valence electrons. The minimum absolute atomic E-state index is 0.0163. The summed E-state index contributed by atoms with van der Waals surface area (Å²) in [6, 6.07) is 8.05. The number of sulfonamides is 1. The van der Waals surface area contributed by atoms with Crippen molar-refractivity contribution >= 4 is 40.4 Å². The molecule has 0 amide bonds. The van der Waals surface area contributed by atoms with E-state index in [1.807, 2.05) is 0 Å². The van der Waals surface area contributed by atoms with Gasteiger partial charge >= 0.3 is 0 Å². The molecule has 1 saturated heterocycles. The van der Waals surface area contributed by atoms with E-state index in [-0.39, 0.29) is 24.2 Å². The van der Waals surface area contributed by atoms with Crippen molar-refractivity contribution in [1.29, 1.82) is 0 Å². The quantitative estimate of drug-likeness (QED) is 0.547. The number of hydrogen-bond acceptors (Lipinski definition) is 4. The maximum Gasteiger partial charge on any atom is 0.255 e. The van der Waals surface area contributed by atoms with Gasteiger partial charge in [-0.2, -0.15) is 0 Å². The molecular weight excluding hydrogens is 467 g/mol. The number of benzene rings is 2. The summed E-state index contributed by atoms with van der Waals surface area (Å²) in [7, 11) is -4.26. The third kappa shape index (κ3) is 5.15. The van der Waals surface area contributed by atoms with E-state index in [9.17, 15) is 12.8 Å². The van der Waals surface area contributed by atoms with E-state index < -0.39 is 26.6 Å². The van der Waals surface area contributed by atoms with Crippen molar-refractivity contribution in [3.05, 3.63) is 53.1 Å². The lowest BCUT2D eigenvalue weighted by Crippen LogP contribution is -2.47. The Morgan fingerprint density at radius 3 is 2.52 bits per heavy atom. The number of nitrogens with zero attached hydrogens (tertiary/aromatic N) is 2. The molecule has 2 aromatic rings. The molecule has 4 rings (SSSR count). The molecule has 1 saturated carbocycles. The lowest BCUT2D eigenvalue weighted by Gasteiger charge is -2.39. The molecule has 0 radical (unpaired) electrons. The van der Waals surface area contributed by atoms with Crippen molar-refractivity contribution in [3.63, 3.8) is 0 Å². The minimum Gasteiger partial charge on any atom is -0.379 e. The van der Waals surface area contributed by atoms with E-state index in [4.69, 9.17) is 11.6 Å². The molecule has 2 fully saturated rings. The number of anilines is 2. The average molecular weight is 496 g/mol. The molecule has 2 aromatic carbocycles. The SMILES string of the molecule is CBN(c1cccc(F)c1)S(=O)(=O)c1cc(Cl)c(N[C@@H]2CCCC[C@H]2N2CCCC2)cc1F.